The number of oxazole rings is 1. The van der Waals surface area contributed by atoms with Crippen LogP contribution in [0.25, 0.3) is 11.1 Å². The summed E-state index contributed by atoms with van der Waals surface area (Å²) in [6, 6.07) is 8.12. The minimum Gasteiger partial charge on any atom is -0.479 e. The number of nitrogens with one attached hydrogen (secondary N) is 1. The average Bonchev–Trinajstić information content (AvgIpc) is 3.06. The van der Waals surface area contributed by atoms with Crippen molar-refractivity contribution in [2.24, 2.45) is 5.92 Å². The number of carbonyl (C=O) groups excluding carboxylic acids is 1. The Morgan fingerprint density at radius 1 is 1.38 bits per heavy atom. The van der Waals surface area contributed by atoms with Crippen LogP contribution >= 0.6 is 0 Å². The molecule has 0 saturated carbocycles. The molecule has 0 spiro atoms. The molecule has 2 N–H and O–H groups in total. The zero-order chi connectivity index (χ0) is 18.7. The van der Waals surface area contributed by atoms with Crippen molar-refractivity contribution in [1.82, 2.24) is 10.3 Å². The number of ether oxygens (including phenoxy) is 1. The number of hydrogen-bond acceptors (Lipinski definition) is 6. The number of methoxy groups -OCH3 is 1. The molecule has 140 valence electrons. The molecule has 0 aliphatic carbocycles. The Bertz CT molecular complexity index is 764. The molecule has 2 heterocycles. The molecule has 0 radical (unpaired) electrons. The standard InChI is InChI=1S/C18H23N3O5/c1-18(11-25-2,16(23)24)20-15(22)12-7-9-21(10-8-12)17-19-13-5-3-4-6-14(13)26-17/h3-6,12H,7-11H2,1-2H3,(H,20,22)(H,23,24). The molecule has 8 heteroatoms. The van der Waals surface area contributed by atoms with Crippen molar-refractivity contribution in [3.63, 3.8) is 0 Å². The number of aromatic nitrogens is 1. The Balaban J connectivity index is 1.60. The molecule has 26 heavy (non-hydrogen) atoms. The fraction of sp³-hybridized carbons (Fsp3) is 0.500. The highest BCUT2D eigenvalue weighted by atomic mass is 16.5. The van der Waals surface area contributed by atoms with Crippen molar-refractivity contribution in [3.05, 3.63) is 24.3 Å². The maximum Gasteiger partial charge on any atom is 0.331 e. The fourth-order valence-corrected chi connectivity index (χ4v) is 3.14. The fourth-order valence-electron chi connectivity index (χ4n) is 3.14. The Kier molecular flexibility index (Phi) is 5.13. The van der Waals surface area contributed by atoms with Gasteiger partial charge in [-0.15, -0.1) is 0 Å². The molecule has 1 fully saturated rings. The van der Waals surface area contributed by atoms with E-state index in [9.17, 15) is 14.7 Å². The number of carboxylic acid groups (broad SMARTS) is 1. The number of hydrogen-bond donors (Lipinski definition) is 2. The van der Waals surface area contributed by atoms with Crippen LogP contribution in [0.15, 0.2) is 28.7 Å². The molecule has 1 unspecified atom stereocenters. The van der Waals surface area contributed by atoms with Gasteiger partial charge in [-0.3, -0.25) is 4.79 Å². The van der Waals surface area contributed by atoms with E-state index in [1.54, 1.807) is 0 Å². The van der Waals surface area contributed by atoms with Gasteiger partial charge in [-0.1, -0.05) is 12.1 Å². The molecule has 1 saturated heterocycles. The smallest absolute Gasteiger partial charge is 0.331 e. The normalized spacial score (nSPS) is 17.8. The summed E-state index contributed by atoms with van der Waals surface area (Å²) in [7, 11) is 1.41. The van der Waals surface area contributed by atoms with E-state index in [0.29, 0.717) is 31.9 Å². The average molecular weight is 361 g/mol. The minimum absolute atomic E-state index is 0.0875. The zero-order valence-electron chi connectivity index (χ0n) is 14.9. The largest absolute Gasteiger partial charge is 0.479 e. The van der Waals surface area contributed by atoms with Crippen molar-refractivity contribution in [2.45, 2.75) is 25.3 Å². The summed E-state index contributed by atoms with van der Waals surface area (Å²) in [5.74, 6) is -1.62. The Hall–Kier alpha value is -2.61. The molecule has 8 nitrogen and oxygen atoms in total. The van der Waals surface area contributed by atoms with Gasteiger partial charge in [0, 0.05) is 26.1 Å². The monoisotopic (exact) mass is 361 g/mol. The van der Waals surface area contributed by atoms with E-state index in [4.69, 9.17) is 9.15 Å². The topological polar surface area (TPSA) is 105 Å². The van der Waals surface area contributed by atoms with Gasteiger partial charge in [0.15, 0.2) is 11.1 Å². The SMILES string of the molecule is COCC(C)(NC(=O)C1CCN(c2nc3ccccc3o2)CC1)C(=O)O. The molecule has 1 atom stereocenters. The van der Waals surface area contributed by atoms with Crippen molar-refractivity contribution in [2.75, 3.05) is 31.7 Å². The Labute approximate surface area is 151 Å². The van der Waals surface area contributed by atoms with Gasteiger partial charge in [0.25, 0.3) is 6.01 Å². The Morgan fingerprint density at radius 3 is 2.69 bits per heavy atom. The second kappa shape index (κ2) is 7.33. The number of aliphatic carboxylic acids is 1. The van der Waals surface area contributed by atoms with Crippen LogP contribution in [0.4, 0.5) is 6.01 Å². The molecule has 1 aromatic carbocycles. The van der Waals surface area contributed by atoms with Gasteiger partial charge in [-0.25, -0.2) is 4.79 Å². The van der Waals surface area contributed by atoms with Gasteiger partial charge in [0.1, 0.15) is 5.52 Å². The molecule has 1 aromatic heterocycles. The number of para-hydroxylation sites is 2. The molecular formula is C18H23N3O5. The van der Waals surface area contributed by atoms with Gasteiger partial charge < -0.3 is 24.5 Å². The molecule has 2 aromatic rings. The summed E-state index contributed by atoms with van der Waals surface area (Å²) in [6.45, 7) is 2.61. The van der Waals surface area contributed by atoms with Crippen LogP contribution in [-0.4, -0.2) is 54.3 Å². The number of amides is 1. The third kappa shape index (κ3) is 3.65. The first-order chi connectivity index (χ1) is 12.4. The van der Waals surface area contributed by atoms with Crippen LogP contribution in [0, 0.1) is 5.92 Å². The van der Waals surface area contributed by atoms with Crippen LogP contribution in [-0.2, 0) is 14.3 Å². The highest BCUT2D eigenvalue weighted by Crippen LogP contribution is 2.26. The number of anilines is 1. The summed E-state index contributed by atoms with van der Waals surface area (Å²) in [5.41, 5.74) is 0.113. The van der Waals surface area contributed by atoms with Gasteiger partial charge in [-0.05, 0) is 31.9 Å². The summed E-state index contributed by atoms with van der Waals surface area (Å²) in [6.07, 6.45) is 1.21. The maximum absolute atomic E-state index is 12.5. The van der Waals surface area contributed by atoms with Crippen LogP contribution in [0.2, 0.25) is 0 Å². The first kappa shape index (κ1) is 18.2. The number of carbonyl (C=O) groups is 2. The van der Waals surface area contributed by atoms with E-state index < -0.39 is 11.5 Å². The molecule has 0 bridgehead atoms. The number of rotatable bonds is 6. The summed E-state index contributed by atoms with van der Waals surface area (Å²) >= 11 is 0. The number of piperidine rings is 1. The lowest BCUT2D eigenvalue weighted by atomic mass is 9.94. The molecule has 1 aliphatic heterocycles. The first-order valence-electron chi connectivity index (χ1n) is 8.58. The third-order valence-corrected chi connectivity index (χ3v) is 4.72. The van der Waals surface area contributed by atoms with Gasteiger partial charge >= 0.3 is 5.97 Å². The van der Waals surface area contributed by atoms with Gasteiger partial charge in [0.05, 0.1) is 6.61 Å². The van der Waals surface area contributed by atoms with E-state index >= 15 is 0 Å². The van der Waals surface area contributed by atoms with E-state index in [0.717, 1.165) is 11.1 Å². The lowest BCUT2D eigenvalue weighted by molar-refractivity contribution is -0.150. The second-order valence-corrected chi connectivity index (χ2v) is 6.79. The van der Waals surface area contributed by atoms with Gasteiger partial charge in [0.2, 0.25) is 5.91 Å². The summed E-state index contributed by atoms with van der Waals surface area (Å²) < 4.78 is 10.7. The maximum atomic E-state index is 12.5. The number of nitrogens with zero attached hydrogens (tertiary/aromatic N) is 2. The Morgan fingerprint density at radius 2 is 2.08 bits per heavy atom. The van der Waals surface area contributed by atoms with Crippen LogP contribution in [0.5, 0.6) is 0 Å². The molecular weight excluding hydrogens is 338 g/mol. The number of carboxylic acids is 1. The van der Waals surface area contributed by atoms with Crippen molar-refractivity contribution in [1.29, 1.82) is 0 Å². The highest BCUT2D eigenvalue weighted by molar-refractivity contribution is 5.88. The van der Waals surface area contributed by atoms with Crippen molar-refractivity contribution in [3.8, 4) is 0 Å². The highest BCUT2D eigenvalue weighted by Gasteiger charge is 2.37. The minimum atomic E-state index is -1.43. The molecule has 3 rings (SSSR count). The van der Waals surface area contributed by atoms with E-state index in [2.05, 4.69) is 10.3 Å². The van der Waals surface area contributed by atoms with E-state index in [-0.39, 0.29) is 18.4 Å². The summed E-state index contributed by atoms with van der Waals surface area (Å²) in [5, 5.41) is 12.0. The van der Waals surface area contributed by atoms with Crippen LogP contribution < -0.4 is 10.2 Å². The van der Waals surface area contributed by atoms with Crippen molar-refractivity contribution >= 4 is 29.0 Å². The molecule has 1 amide bonds. The quantitative estimate of drug-likeness (QED) is 0.806. The number of fused-ring (bicyclic) bond motifs is 1. The predicted molar refractivity (Wildman–Crippen MR) is 95.0 cm³/mol. The molecule has 1 aliphatic rings. The van der Waals surface area contributed by atoms with Crippen molar-refractivity contribution < 1.29 is 23.8 Å². The second-order valence-electron chi connectivity index (χ2n) is 6.79. The van der Waals surface area contributed by atoms with Gasteiger partial charge in [-0.2, -0.15) is 4.98 Å². The predicted octanol–water partition coefficient (Wildman–Crippen LogP) is 1.65. The summed E-state index contributed by atoms with van der Waals surface area (Å²) in [4.78, 5) is 30.4. The lowest BCUT2D eigenvalue weighted by Gasteiger charge is -2.32. The number of benzene rings is 1. The first-order valence-corrected chi connectivity index (χ1v) is 8.58. The zero-order valence-corrected chi connectivity index (χ0v) is 14.9. The van der Waals surface area contributed by atoms with E-state index in [1.807, 2.05) is 29.2 Å². The van der Waals surface area contributed by atoms with Crippen LogP contribution in [0.1, 0.15) is 19.8 Å². The van der Waals surface area contributed by atoms with Crippen LogP contribution in [0.3, 0.4) is 0 Å². The third-order valence-electron chi connectivity index (χ3n) is 4.72. The van der Waals surface area contributed by atoms with E-state index in [1.165, 1.54) is 14.0 Å². The lowest BCUT2D eigenvalue weighted by Crippen LogP contribution is -2.57.